The lowest BCUT2D eigenvalue weighted by Crippen LogP contribution is -2.54. The van der Waals surface area contributed by atoms with Crippen LogP contribution in [-0.2, 0) is 32.6 Å². The highest BCUT2D eigenvalue weighted by Gasteiger charge is 2.33. The van der Waals surface area contributed by atoms with E-state index in [1.807, 2.05) is 64.1 Å². The van der Waals surface area contributed by atoms with Gasteiger partial charge in [0.15, 0.2) is 0 Å². The monoisotopic (exact) mass is 567 g/mol. The average Bonchev–Trinajstić information content (AvgIpc) is 2.89. The van der Waals surface area contributed by atoms with Crippen molar-refractivity contribution in [2.24, 2.45) is 0 Å². The first-order chi connectivity index (χ1) is 18.9. The maximum absolute atomic E-state index is 14.1. The number of carbonyl (C=O) groups excluding carboxylic acids is 2. The van der Waals surface area contributed by atoms with Crippen LogP contribution in [0.2, 0.25) is 0 Å². The minimum Gasteiger partial charge on any atom is -0.352 e. The summed E-state index contributed by atoms with van der Waals surface area (Å²) >= 11 is 0. The standard InChI is InChI=1S/C31H38FN3O4S/c1-6-24(4)33-31(37)29(19-25-10-8-7-9-11-25)34(20-26-12-14-27(32)15-13-26)30(36)21-35(40(5,38)39)28-17-22(2)16-23(3)18-28/h7-18,24,29H,6,19-21H2,1-5H3,(H,33,37)/t24-,29+/m0/s1. The third kappa shape index (κ3) is 8.64. The number of halogens is 1. The van der Waals surface area contributed by atoms with Gasteiger partial charge in [0.25, 0.3) is 0 Å². The van der Waals surface area contributed by atoms with Crippen LogP contribution in [0.1, 0.15) is 42.5 Å². The Balaban J connectivity index is 2.07. The molecule has 2 amide bonds. The van der Waals surface area contributed by atoms with Gasteiger partial charge in [0.05, 0.1) is 11.9 Å². The predicted molar refractivity (Wildman–Crippen MR) is 157 cm³/mol. The molecule has 0 bridgehead atoms. The maximum atomic E-state index is 14.1. The molecule has 0 radical (unpaired) electrons. The van der Waals surface area contributed by atoms with E-state index in [4.69, 9.17) is 0 Å². The molecular weight excluding hydrogens is 529 g/mol. The number of carbonyl (C=O) groups is 2. The molecule has 0 fully saturated rings. The minimum absolute atomic E-state index is 0.00497. The van der Waals surface area contributed by atoms with E-state index in [-0.39, 0.29) is 24.9 Å². The smallest absolute Gasteiger partial charge is 0.244 e. The molecule has 0 spiro atoms. The van der Waals surface area contributed by atoms with Crippen LogP contribution in [-0.4, -0.2) is 50.0 Å². The zero-order chi connectivity index (χ0) is 29.4. The molecule has 0 aliphatic carbocycles. The van der Waals surface area contributed by atoms with Crippen molar-refractivity contribution in [2.45, 2.75) is 59.2 Å². The minimum atomic E-state index is -3.85. The number of nitrogens with zero attached hydrogens (tertiary/aromatic N) is 2. The summed E-state index contributed by atoms with van der Waals surface area (Å²) in [6, 6.07) is 19.3. The summed E-state index contributed by atoms with van der Waals surface area (Å²) in [6.07, 6.45) is 1.97. The van der Waals surface area contributed by atoms with Crippen molar-refractivity contribution < 1.29 is 22.4 Å². The highest BCUT2D eigenvalue weighted by molar-refractivity contribution is 7.92. The molecule has 0 saturated heterocycles. The third-order valence-electron chi connectivity index (χ3n) is 6.71. The zero-order valence-electron chi connectivity index (χ0n) is 23.7. The van der Waals surface area contributed by atoms with Gasteiger partial charge in [-0.05, 0) is 73.7 Å². The Morgan fingerprint density at radius 1 is 0.925 bits per heavy atom. The first-order valence-corrected chi connectivity index (χ1v) is 15.2. The molecule has 3 aromatic carbocycles. The van der Waals surface area contributed by atoms with Crippen molar-refractivity contribution in [3.63, 3.8) is 0 Å². The van der Waals surface area contributed by atoms with Crippen molar-refractivity contribution in [3.05, 3.63) is 101 Å². The highest BCUT2D eigenvalue weighted by Crippen LogP contribution is 2.23. The number of hydrogen-bond acceptors (Lipinski definition) is 4. The molecule has 0 unspecified atom stereocenters. The van der Waals surface area contributed by atoms with Gasteiger partial charge in [-0.3, -0.25) is 13.9 Å². The second kappa shape index (κ2) is 13.6. The molecular formula is C31H38FN3O4S. The maximum Gasteiger partial charge on any atom is 0.244 e. The molecule has 0 aromatic heterocycles. The molecule has 0 aliphatic heterocycles. The summed E-state index contributed by atoms with van der Waals surface area (Å²) in [5.41, 5.74) is 3.54. The Bertz CT molecular complexity index is 1390. The van der Waals surface area contributed by atoms with Gasteiger partial charge in [-0.2, -0.15) is 0 Å². The van der Waals surface area contributed by atoms with Crippen molar-refractivity contribution in [1.29, 1.82) is 0 Å². The molecule has 9 heteroatoms. The van der Waals surface area contributed by atoms with Crippen molar-refractivity contribution in [2.75, 3.05) is 17.1 Å². The van der Waals surface area contributed by atoms with Gasteiger partial charge in [-0.1, -0.05) is 55.5 Å². The van der Waals surface area contributed by atoms with Crippen LogP contribution in [0.5, 0.6) is 0 Å². The van der Waals surface area contributed by atoms with Gasteiger partial charge in [-0.25, -0.2) is 12.8 Å². The Kier molecular flexibility index (Phi) is 10.5. The molecule has 2 atom stereocenters. The van der Waals surface area contributed by atoms with Gasteiger partial charge < -0.3 is 10.2 Å². The number of hydrogen-bond donors (Lipinski definition) is 1. The third-order valence-corrected chi connectivity index (χ3v) is 7.85. The van der Waals surface area contributed by atoms with Crippen LogP contribution >= 0.6 is 0 Å². The summed E-state index contributed by atoms with van der Waals surface area (Å²) in [6.45, 7) is 7.05. The fraction of sp³-hybridized carbons (Fsp3) is 0.355. The number of benzene rings is 3. The summed E-state index contributed by atoms with van der Waals surface area (Å²) in [7, 11) is -3.85. The van der Waals surface area contributed by atoms with Gasteiger partial charge in [0, 0.05) is 19.0 Å². The molecule has 7 nitrogen and oxygen atoms in total. The molecule has 0 saturated carbocycles. The van der Waals surface area contributed by atoms with Gasteiger partial charge >= 0.3 is 0 Å². The first kappa shape index (κ1) is 30.8. The quantitative estimate of drug-likeness (QED) is 0.342. The summed E-state index contributed by atoms with van der Waals surface area (Å²) in [5.74, 6) is -1.31. The normalized spacial score (nSPS) is 12.8. The van der Waals surface area contributed by atoms with E-state index in [1.54, 1.807) is 24.3 Å². The topological polar surface area (TPSA) is 86.8 Å². The number of nitrogens with one attached hydrogen (secondary N) is 1. The van der Waals surface area contributed by atoms with Crippen molar-refractivity contribution >= 4 is 27.5 Å². The Morgan fingerprint density at radius 3 is 2.08 bits per heavy atom. The zero-order valence-corrected chi connectivity index (χ0v) is 24.5. The number of sulfonamides is 1. The molecule has 0 heterocycles. The number of aryl methyl sites for hydroxylation is 2. The van der Waals surface area contributed by atoms with E-state index >= 15 is 0 Å². The summed E-state index contributed by atoms with van der Waals surface area (Å²) in [4.78, 5) is 29.1. The largest absolute Gasteiger partial charge is 0.352 e. The van der Waals surface area contributed by atoms with Crippen LogP contribution in [0.15, 0.2) is 72.8 Å². The second-order valence-electron chi connectivity index (χ2n) is 10.3. The highest BCUT2D eigenvalue weighted by atomic mass is 32.2. The van der Waals surface area contributed by atoms with E-state index in [0.717, 1.165) is 27.3 Å². The van der Waals surface area contributed by atoms with E-state index in [2.05, 4.69) is 5.32 Å². The van der Waals surface area contributed by atoms with Gasteiger partial charge in [0.1, 0.15) is 18.4 Å². The first-order valence-electron chi connectivity index (χ1n) is 13.3. The van der Waals surface area contributed by atoms with E-state index in [9.17, 15) is 22.4 Å². The fourth-order valence-electron chi connectivity index (χ4n) is 4.49. The lowest BCUT2D eigenvalue weighted by molar-refractivity contribution is -0.140. The van der Waals surface area contributed by atoms with E-state index in [1.165, 1.54) is 17.0 Å². The van der Waals surface area contributed by atoms with E-state index < -0.39 is 34.3 Å². The Hall–Kier alpha value is -3.72. The molecule has 3 rings (SSSR count). The fourth-order valence-corrected chi connectivity index (χ4v) is 5.32. The molecule has 40 heavy (non-hydrogen) atoms. The predicted octanol–water partition coefficient (Wildman–Crippen LogP) is 4.76. The van der Waals surface area contributed by atoms with Crippen molar-refractivity contribution in [1.82, 2.24) is 10.2 Å². The number of amides is 2. The summed E-state index contributed by atoms with van der Waals surface area (Å²) in [5, 5.41) is 2.99. The number of rotatable bonds is 12. The van der Waals surface area contributed by atoms with Crippen LogP contribution < -0.4 is 9.62 Å². The molecule has 214 valence electrons. The Morgan fingerprint density at radius 2 is 1.52 bits per heavy atom. The van der Waals surface area contributed by atoms with Gasteiger partial charge in [-0.15, -0.1) is 0 Å². The van der Waals surface area contributed by atoms with Crippen molar-refractivity contribution in [3.8, 4) is 0 Å². The molecule has 0 aliphatic rings. The second-order valence-corrected chi connectivity index (χ2v) is 12.2. The number of anilines is 1. The summed E-state index contributed by atoms with van der Waals surface area (Å²) < 4.78 is 40.6. The van der Waals surface area contributed by atoms with Crippen LogP contribution in [0, 0.1) is 19.7 Å². The van der Waals surface area contributed by atoms with Crippen LogP contribution in [0.4, 0.5) is 10.1 Å². The van der Waals surface area contributed by atoms with Gasteiger partial charge in [0.2, 0.25) is 21.8 Å². The average molecular weight is 568 g/mol. The molecule has 1 N–H and O–H groups in total. The van der Waals surface area contributed by atoms with Crippen LogP contribution in [0.25, 0.3) is 0 Å². The van der Waals surface area contributed by atoms with E-state index in [0.29, 0.717) is 17.7 Å². The van der Waals surface area contributed by atoms with Crippen LogP contribution in [0.3, 0.4) is 0 Å². The molecule has 3 aromatic rings. The Labute approximate surface area is 237 Å². The lowest BCUT2D eigenvalue weighted by Gasteiger charge is -2.34. The SMILES string of the molecule is CC[C@H](C)NC(=O)[C@@H](Cc1ccccc1)N(Cc1ccc(F)cc1)C(=O)CN(c1cc(C)cc(C)c1)S(C)(=O)=O. The lowest BCUT2D eigenvalue weighted by atomic mass is 10.0.